The Morgan fingerprint density at radius 1 is 0.857 bits per heavy atom. The SMILES string of the molecule is CCOc1ccccc1NC(=O)C(C)(C)C(=O)Nc1ccc(NC(C)=O)cc1. The second-order valence-corrected chi connectivity index (χ2v) is 6.72. The van der Waals surface area contributed by atoms with Gasteiger partial charge in [0, 0.05) is 18.3 Å². The maximum absolute atomic E-state index is 12.7. The molecular formula is C21H25N3O4. The molecule has 0 heterocycles. The summed E-state index contributed by atoms with van der Waals surface area (Å²) in [6, 6.07) is 13.7. The van der Waals surface area contributed by atoms with Crippen molar-refractivity contribution in [3.05, 3.63) is 48.5 Å². The Balaban J connectivity index is 2.07. The molecule has 0 radical (unpaired) electrons. The van der Waals surface area contributed by atoms with Gasteiger partial charge < -0.3 is 20.7 Å². The van der Waals surface area contributed by atoms with Crippen LogP contribution in [0.5, 0.6) is 5.75 Å². The number of nitrogens with one attached hydrogen (secondary N) is 3. The maximum atomic E-state index is 12.7. The van der Waals surface area contributed by atoms with Crippen LogP contribution in [0.2, 0.25) is 0 Å². The van der Waals surface area contributed by atoms with Gasteiger partial charge in [-0.1, -0.05) is 12.1 Å². The van der Waals surface area contributed by atoms with Crippen molar-refractivity contribution in [2.45, 2.75) is 27.7 Å². The molecule has 0 spiro atoms. The number of ether oxygens (including phenoxy) is 1. The monoisotopic (exact) mass is 383 g/mol. The van der Waals surface area contributed by atoms with Crippen molar-refractivity contribution in [3.63, 3.8) is 0 Å². The number of anilines is 3. The van der Waals surface area contributed by atoms with Crippen LogP contribution in [0.3, 0.4) is 0 Å². The van der Waals surface area contributed by atoms with Gasteiger partial charge in [-0.25, -0.2) is 0 Å². The Hall–Kier alpha value is -3.35. The second kappa shape index (κ2) is 9.03. The Morgan fingerprint density at radius 3 is 1.96 bits per heavy atom. The van der Waals surface area contributed by atoms with Gasteiger partial charge in [0.2, 0.25) is 17.7 Å². The first-order valence-electron chi connectivity index (χ1n) is 8.96. The standard InChI is InChI=1S/C21H25N3O4/c1-5-28-18-9-7-6-8-17(18)24-20(27)21(3,4)19(26)23-16-12-10-15(11-13-16)22-14(2)25/h6-13H,5H2,1-4H3,(H,22,25)(H,23,26)(H,24,27). The lowest BCUT2D eigenvalue weighted by molar-refractivity contribution is -0.135. The van der Waals surface area contributed by atoms with Crippen LogP contribution in [0.4, 0.5) is 17.1 Å². The van der Waals surface area contributed by atoms with Gasteiger partial charge in [-0.05, 0) is 57.2 Å². The minimum atomic E-state index is -1.32. The lowest BCUT2D eigenvalue weighted by Gasteiger charge is -2.23. The summed E-state index contributed by atoms with van der Waals surface area (Å²) in [7, 11) is 0. The Kier molecular flexibility index (Phi) is 6.76. The van der Waals surface area contributed by atoms with Gasteiger partial charge >= 0.3 is 0 Å². The lowest BCUT2D eigenvalue weighted by atomic mass is 9.90. The van der Waals surface area contributed by atoms with E-state index in [1.807, 2.05) is 13.0 Å². The number of rotatable bonds is 7. The van der Waals surface area contributed by atoms with Crippen LogP contribution in [-0.4, -0.2) is 24.3 Å². The largest absolute Gasteiger partial charge is 0.492 e. The van der Waals surface area contributed by atoms with E-state index in [4.69, 9.17) is 4.74 Å². The van der Waals surface area contributed by atoms with Crippen molar-refractivity contribution in [2.24, 2.45) is 5.41 Å². The molecule has 2 aromatic carbocycles. The molecular weight excluding hydrogens is 358 g/mol. The summed E-state index contributed by atoms with van der Waals surface area (Å²) in [5, 5.41) is 8.14. The summed E-state index contributed by atoms with van der Waals surface area (Å²) in [5.41, 5.74) is 0.329. The fourth-order valence-electron chi connectivity index (χ4n) is 2.36. The van der Waals surface area contributed by atoms with Gasteiger partial charge in [-0.2, -0.15) is 0 Å². The van der Waals surface area contributed by atoms with E-state index in [1.54, 1.807) is 56.3 Å². The molecule has 3 N–H and O–H groups in total. The van der Waals surface area contributed by atoms with E-state index in [1.165, 1.54) is 6.92 Å². The average Bonchev–Trinajstić information content (AvgIpc) is 2.64. The summed E-state index contributed by atoms with van der Waals surface area (Å²) >= 11 is 0. The molecule has 0 saturated heterocycles. The van der Waals surface area contributed by atoms with E-state index < -0.39 is 17.2 Å². The smallest absolute Gasteiger partial charge is 0.239 e. The Labute approximate surface area is 164 Å². The van der Waals surface area contributed by atoms with E-state index >= 15 is 0 Å². The molecule has 0 atom stereocenters. The van der Waals surface area contributed by atoms with Crippen LogP contribution >= 0.6 is 0 Å². The van der Waals surface area contributed by atoms with Gasteiger partial charge in [0.15, 0.2) is 0 Å². The molecule has 7 nitrogen and oxygen atoms in total. The molecule has 7 heteroatoms. The first-order valence-corrected chi connectivity index (χ1v) is 8.96. The lowest BCUT2D eigenvalue weighted by Crippen LogP contribution is -2.41. The van der Waals surface area contributed by atoms with Crippen molar-refractivity contribution in [1.29, 1.82) is 0 Å². The van der Waals surface area contributed by atoms with Crippen LogP contribution in [0.25, 0.3) is 0 Å². The topological polar surface area (TPSA) is 96.5 Å². The third-order valence-electron chi connectivity index (χ3n) is 4.03. The Morgan fingerprint density at radius 2 is 1.39 bits per heavy atom. The van der Waals surface area contributed by atoms with Crippen LogP contribution in [0, 0.1) is 5.41 Å². The van der Waals surface area contributed by atoms with Crippen LogP contribution in [0.15, 0.2) is 48.5 Å². The van der Waals surface area contributed by atoms with E-state index in [-0.39, 0.29) is 5.91 Å². The maximum Gasteiger partial charge on any atom is 0.239 e. The van der Waals surface area contributed by atoms with Crippen molar-refractivity contribution < 1.29 is 19.1 Å². The Bertz CT molecular complexity index is 860. The van der Waals surface area contributed by atoms with Gasteiger partial charge in [-0.3, -0.25) is 14.4 Å². The molecule has 3 amide bonds. The summed E-state index contributed by atoms with van der Waals surface area (Å²) < 4.78 is 5.50. The molecule has 28 heavy (non-hydrogen) atoms. The van der Waals surface area contributed by atoms with Crippen molar-refractivity contribution in [2.75, 3.05) is 22.6 Å². The summed E-state index contributed by atoms with van der Waals surface area (Å²) in [6.07, 6.45) is 0. The quantitative estimate of drug-likeness (QED) is 0.636. The third-order valence-corrected chi connectivity index (χ3v) is 4.03. The number of hydrogen-bond acceptors (Lipinski definition) is 4. The van der Waals surface area contributed by atoms with Crippen molar-refractivity contribution in [1.82, 2.24) is 0 Å². The summed E-state index contributed by atoms with van der Waals surface area (Å²) in [5.74, 6) is -0.539. The first-order chi connectivity index (χ1) is 13.2. The summed E-state index contributed by atoms with van der Waals surface area (Å²) in [6.45, 7) is 6.83. The predicted octanol–water partition coefficient (Wildman–Crippen LogP) is 3.65. The molecule has 0 unspecified atom stereocenters. The highest BCUT2D eigenvalue weighted by Crippen LogP contribution is 2.27. The van der Waals surface area contributed by atoms with E-state index in [0.29, 0.717) is 29.4 Å². The minimum absolute atomic E-state index is 0.179. The van der Waals surface area contributed by atoms with E-state index in [9.17, 15) is 14.4 Å². The highest BCUT2D eigenvalue weighted by Gasteiger charge is 2.36. The molecule has 0 saturated carbocycles. The number of carbonyl (C=O) groups is 3. The third kappa shape index (κ3) is 5.33. The average molecular weight is 383 g/mol. The van der Waals surface area contributed by atoms with E-state index in [2.05, 4.69) is 16.0 Å². The fraction of sp³-hybridized carbons (Fsp3) is 0.286. The van der Waals surface area contributed by atoms with Crippen LogP contribution < -0.4 is 20.7 Å². The zero-order valence-corrected chi connectivity index (χ0v) is 16.5. The van der Waals surface area contributed by atoms with Gasteiger partial charge in [0.25, 0.3) is 0 Å². The minimum Gasteiger partial charge on any atom is -0.492 e. The number of para-hydroxylation sites is 2. The van der Waals surface area contributed by atoms with Gasteiger partial charge in [0.1, 0.15) is 11.2 Å². The predicted molar refractivity (Wildman–Crippen MR) is 109 cm³/mol. The molecule has 0 aromatic heterocycles. The summed E-state index contributed by atoms with van der Waals surface area (Å²) in [4.78, 5) is 36.5. The van der Waals surface area contributed by atoms with Crippen LogP contribution in [0.1, 0.15) is 27.7 Å². The molecule has 2 rings (SSSR count). The number of hydrogen-bond donors (Lipinski definition) is 3. The molecule has 0 aliphatic rings. The molecule has 0 aliphatic heterocycles. The number of carbonyl (C=O) groups excluding carboxylic acids is 3. The van der Waals surface area contributed by atoms with Gasteiger partial charge in [-0.15, -0.1) is 0 Å². The zero-order valence-electron chi connectivity index (χ0n) is 16.5. The molecule has 2 aromatic rings. The second-order valence-electron chi connectivity index (χ2n) is 6.72. The fourth-order valence-corrected chi connectivity index (χ4v) is 2.36. The van der Waals surface area contributed by atoms with Crippen LogP contribution in [-0.2, 0) is 14.4 Å². The molecule has 148 valence electrons. The first kappa shape index (κ1) is 21.0. The molecule has 0 aliphatic carbocycles. The van der Waals surface area contributed by atoms with Gasteiger partial charge in [0.05, 0.1) is 12.3 Å². The highest BCUT2D eigenvalue weighted by atomic mass is 16.5. The van der Waals surface area contributed by atoms with Crippen molar-refractivity contribution in [3.8, 4) is 5.75 Å². The van der Waals surface area contributed by atoms with Crippen molar-refractivity contribution >= 4 is 34.8 Å². The molecule has 0 fully saturated rings. The number of benzene rings is 2. The molecule has 0 bridgehead atoms. The zero-order chi connectivity index (χ0) is 20.7. The normalized spacial score (nSPS) is 10.7. The van der Waals surface area contributed by atoms with E-state index in [0.717, 1.165) is 0 Å². The highest BCUT2D eigenvalue weighted by molar-refractivity contribution is 6.14. The number of amides is 3.